The molecule has 0 spiro atoms. The van der Waals surface area contributed by atoms with Gasteiger partial charge in [0, 0.05) is 31.5 Å². The SMILES string of the molecule is Cc1nc(C(=O)N(C)Cc2nccn2C)nn1-c1ccc(Cl)cc1. The maximum Gasteiger partial charge on any atom is 0.293 e. The molecule has 0 aliphatic carbocycles. The number of imidazole rings is 1. The molecule has 3 aromatic rings. The summed E-state index contributed by atoms with van der Waals surface area (Å²) in [6.07, 6.45) is 3.54. The number of hydrogen-bond donors (Lipinski definition) is 0. The van der Waals surface area contributed by atoms with Crippen LogP contribution in [0.5, 0.6) is 0 Å². The molecule has 0 saturated carbocycles. The molecular weight excluding hydrogens is 328 g/mol. The van der Waals surface area contributed by atoms with Crippen molar-refractivity contribution in [2.24, 2.45) is 7.05 Å². The Morgan fingerprint density at radius 3 is 2.62 bits per heavy atom. The van der Waals surface area contributed by atoms with Crippen LogP contribution in [0.2, 0.25) is 5.02 Å². The Morgan fingerprint density at radius 2 is 2.00 bits per heavy atom. The van der Waals surface area contributed by atoms with Crippen LogP contribution in [-0.2, 0) is 13.6 Å². The standard InChI is InChI=1S/C16H17ClN6O/c1-11-19-15(20-23(11)13-6-4-12(17)5-7-13)16(24)22(3)10-14-18-8-9-21(14)2/h4-9H,10H2,1-3H3. The van der Waals surface area contributed by atoms with E-state index in [1.165, 1.54) is 0 Å². The number of amides is 1. The summed E-state index contributed by atoms with van der Waals surface area (Å²) in [5, 5.41) is 4.97. The number of carbonyl (C=O) groups is 1. The van der Waals surface area contributed by atoms with Gasteiger partial charge in [-0.3, -0.25) is 4.79 Å². The zero-order valence-electron chi connectivity index (χ0n) is 13.6. The largest absolute Gasteiger partial charge is 0.337 e. The quantitative estimate of drug-likeness (QED) is 0.727. The molecule has 124 valence electrons. The average molecular weight is 345 g/mol. The Balaban J connectivity index is 1.82. The Kier molecular flexibility index (Phi) is 4.35. The van der Waals surface area contributed by atoms with E-state index in [9.17, 15) is 4.79 Å². The number of aryl methyl sites for hydroxylation is 2. The molecule has 0 unspecified atom stereocenters. The lowest BCUT2D eigenvalue weighted by Gasteiger charge is -2.14. The van der Waals surface area contributed by atoms with Crippen LogP contribution in [0.4, 0.5) is 0 Å². The van der Waals surface area contributed by atoms with Gasteiger partial charge in [-0.25, -0.2) is 14.6 Å². The van der Waals surface area contributed by atoms with E-state index in [4.69, 9.17) is 11.6 Å². The van der Waals surface area contributed by atoms with E-state index in [-0.39, 0.29) is 11.7 Å². The monoisotopic (exact) mass is 344 g/mol. The Labute approximate surface area is 144 Å². The predicted molar refractivity (Wildman–Crippen MR) is 90.1 cm³/mol. The van der Waals surface area contributed by atoms with Crippen LogP contribution < -0.4 is 0 Å². The second kappa shape index (κ2) is 6.45. The van der Waals surface area contributed by atoms with Gasteiger partial charge in [-0.05, 0) is 31.2 Å². The zero-order chi connectivity index (χ0) is 17.3. The highest BCUT2D eigenvalue weighted by atomic mass is 35.5. The molecule has 0 aliphatic rings. The minimum Gasteiger partial charge on any atom is -0.337 e. The van der Waals surface area contributed by atoms with Crippen molar-refractivity contribution in [3.63, 3.8) is 0 Å². The van der Waals surface area contributed by atoms with Gasteiger partial charge in [0.15, 0.2) is 0 Å². The number of aromatic nitrogens is 5. The summed E-state index contributed by atoms with van der Waals surface area (Å²) in [5.74, 6) is 1.32. The van der Waals surface area contributed by atoms with E-state index in [2.05, 4.69) is 15.1 Å². The Hall–Kier alpha value is -2.67. The topological polar surface area (TPSA) is 68.8 Å². The fraction of sp³-hybridized carbons (Fsp3) is 0.250. The van der Waals surface area contributed by atoms with E-state index >= 15 is 0 Å². The number of rotatable bonds is 4. The zero-order valence-corrected chi connectivity index (χ0v) is 14.4. The molecule has 24 heavy (non-hydrogen) atoms. The molecule has 1 aromatic carbocycles. The van der Waals surface area contributed by atoms with Crippen LogP contribution in [0.1, 0.15) is 22.3 Å². The van der Waals surface area contributed by atoms with Crippen molar-refractivity contribution in [1.29, 1.82) is 0 Å². The van der Waals surface area contributed by atoms with Gasteiger partial charge in [-0.2, -0.15) is 0 Å². The van der Waals surface area contributed by atoms with Gasteiger partial charge in [0.05, 0.1) is 12.2 Å². The van der Waals surface area contributed by atoms with Gasteiger partial charge in [-0.15, -0.1) is 5.10 Å². The normalized spacial score (nSPS) is 10.8. The molecule has 8 heteroatoms. The molecule has 1 amide bonds. The first-order valence-corrected chi connectivity index (χ1v) is 7.75. The van der Waals surface area contributed by atoms with Crippen molar-refractivity contribution < 1.29 is 4.79 Å². The lowest BCUT2D eigenvalue weighted by atomic mass is 10.3. The third kappa shape index (κ3) is 3.16. The minimum atomic E-state index is -0.256. The number of nitrogens with zero attached hydrogens (tertiary/aromatic N) is 6. The molecule has 0 radical (unpaired) electrons. The number of carbonyl (C=O) groups excluding carboxylic acids is 1. The molecule has 3 rings (SSSR count). The van der Waals surface area contributed by atoms with Crippen LogP contribution in [0.25, 0.3) is 5.69 Å². The molecule has 0 atom stereocenters. The third-order valence-corrected chi connectivity index (χ3v) is 3.93. The maximum absolute atomic E-state index is 12.6. The van der Waals surface area contributed by atoms with E-state index in [0.717, 1.165) is 11.5 Å². The lowest BCUT2D eigenvalue weighted by Crippen LogP contribution is -2.28. The van der Waals surface area contributed by atoms with Crippen molar-refractivity contribution in [3.05, 3.63) is 59.2 Å². The van der Waals surface area contributed by atoms with Gasteiger partial charge < -0.3 is 9.47 Å². The summed E-state index contributed by atoms with van der Waals surface area (Å²) in [7, 11) is 3.59. The summed E-state index contributed by atoms with van der Waals surface area (Å²) >= 11 is 5.90. The van der Waals surface area contributed by atoms with Crippen molar-refractivity contribution in [3.8, 4) is 5.69 Å². The fourth-order valence-electron chi connectivity index (χ4n) is 2.31. The minimum absolute atomic E-state index is 0.152. The van der Waals surface area contributed by atoms with Crippen LogP contribution >= 0.6 is 11.6 Å². The van der Waals surface area contributed by atoms with Gasteiger partial charge in [-0.1, -0.05) is 11.6 Å². The van der Waals surface area contributed by atoms with Crippen LogP contribution in [0.3, 0.4) is 0 Å². The van der Waals surface area contributed by atoms with E-state index in [1.54, 1.807) is 41.9 Å². The highest BCUT2D eigenvalue weighted by molar-refractivity contribution is 6.30. The second-order valence-electron chi connectivity index (χ2n) is 5.49. The van der Waals surface area contributed by atoms with Gasteiger partial charge in [0.25, 0.3) is 5.91 Å². The summed E-state index contributed by atoms with van der Waals surface area (Å²) in [6, 6.07) is 7.20. The smallest absolute Gasteiger partial charge is 0.293 e. The molecular formula is C16H17ClN6O. The number of benzene rings is 1. The van der Waals surface area contributed by atoms with Crippen LogP contribution in [0, 0.1) is 6.92 Å². The summed E-state index contributed by atoms with van der Waals surface area (Å²) in [6.45, 7) is 2.19. The molecule has 2 heterocycles. The number of halogens is 1. The lowest BCUT2D eigenvalue weighted by molar-refractivity contribution is 0.0768. The highest BCUT2D eigenvalue weighted by Gasteiger charge is 2.20. The highest BCUT2D eigenvalue weighted by Crippen LogP contribution is 2.15. The molecule has 7 nitrogen and oxygen atoms in total. The van der Waals surface area contributed by atoms with Crippen molar-refractivity contribution in [1.82, 2.24) is 29.2 Å². The van der Waals surface area contributed by atoms with Crippen molar-refractivity contribution >= 4 is 17.5 Å². The first-order valence-electron chi connectivity index (χ1n) is 7.37. The molecule has 0 saturated heterocycles. The molecule has 2 aromatic heterocycles. The second-order valence-corrected chi connectivity index (χ2v) is 5.92. The van der Waals surface area contributed by atoms with Crippen molar-refractivity contribution in [2.75, 3.05) is 7.05 Å². The summed E-state index contributed by atoms with van der Waals surface area (Å²) in [5.41, 5.74) is 0.801. The summed E-state index contributed by atoms with van der Waals surface area (Å²) < 4.78 is 3.49. The molecule has 0 N–H and O–H groups in total. The first-order chi connectivity index (χ1) is 11.5. The molecule has 0 fully saturated rings. The van der Waals surface area contributed by atoms with Gasteiger partial charge in [0.1, 0.15) is 11.6 Å². The number of hydrogen-bond acceptors (Lipinski definition) is 4. The van der Waals surface area contributed by atoms with Gasteiger partial charge in [0.2, 0.25) is 5.82 Å². The van der Waals surface area contributed by atoms with Crippen LogP contribution in [-0.4, -0.2) is 42.2 Å². The van der Waals surface area contributed by atoms with E-state index < -0.39 is 0 Å². The predicted octanol–water partition coefficient (Wildman–Crippen LogP) is 2.23. The Morgan fingerprint density at radius 1 is 1.29 bits per heavy atom. The van der Waals surface area contributed by atoms with Crippen LogP contribution in [0.15, 0.2) is 36.7 Å². The molecule has 0 bridgehead atoms. The van der Waals surface area contributed by atoms with Crippen molar-refractivity contribution in [2.45, 2.75) is 13.5 Å². The van der Waals surface area contributed by atoms with Gasteiger partial charge >= 0.3 is 0 Å². The van der Waals surface area contributed by atoms with E-state index in [1.807, 2.05) is 29.9 Å². The first kappa shape index (κ1) is 16.2. The fourth-order valence-corrected chi connectivity index (χ4v) is 2.44. The summed E-state index contributed by atoms with van der Waals surface area (Å²) in [4.78, 5) is 22.6. The van der Waals surface area contributed by atoms with E-state index in [0.29, 0.717) is 17.4 Å². The molecule has 0 aliphatic heterocycles. The average Bonchev–Trinajstić information content (AvgIpc) is 3.14. The Bertz CT molecular complexity index is 867. The maximum atomic E-state index is 12.6. The third-order valence-electron chi connectivity index (χ3n) is 3.68.